The van der Waals surface area contributed by atoms with Crippen molar-refractivity contribution in [2.24, 2.45) is 5.73 Å². The molecule has 0 fully saturated rings. The summed E-state index contributed by atoms with van der Waals surface area (Å²) in [4.78, 5) is 11.4. The molecule has 0 bridgehead atoms. The monoisotopic (exact) mass is 248 g/mol. The number of primary amides is 1. The molecule has 98 valence electrons. The van der Waals surface area contributed by atoms with Crippen LogP contribution in [0.2, 0.25) is 0 Å². The largest absolute Gasteiger partial charge is 0.493 e. The Morgan fingerprint density at radius 3 is 3.00 bits per heavy atom. The molecule has 1 atom stereocenters. The van der Waals surface area contributed by atoms with E-state index in [4.69, 9.17) is 10.5 Å². The number of nitrogens with two attached hydrogens (primary N) is 1. The molecule has 18 heavy (non-hydrogen) atoms. The summed E-state index contributed by atoms with van der Waals surface area (Å²) in [7, 11) is 0. The number of fused-ring (bicyclic) bond motifs is 1. The molecule has 4 nitrogen and oxygen atoms in total. The average molecular weight is 248 g/mol. The van der Waals surface area contributed by atoms with E-state index in [2.05, 4.69) is 12.2 Å². The van der Waals surface area contributed by atoms with E-state index in [-0.39, 0.29) is 11.4 Å². The van der Waals surface area contributed by atoms with E-state index in [0.29, 0.717) is 13.0 Å². The van der Waals surface area contributed by atoms with Gasteiger partial charge in [-0.05, 0) is 19.0 Å². The Hall–Kier alpha value is -1.55. The Morgan fingerprint density at radius 2 is 2.28 bits per heavy atom. The van der Waals surface area contributed by atoms with Crippen LogP contribution in [0.1, 0.15) is 31.7 Å². The molecule has 1 aliphatic heterocycles. The number of carbonyl (C=O) groups is 1. The molecule has 1 amide bonds. The smallest absolute Gasteiger partial charge is 0.219 e. The summed E-state index contributed by atoms with van der Waals surface area (Å²) in [6, 6.07) is 7.87. The van der Waals surface area contributed by atoms with Crippen LogP contribution < -0.4 is 15.8 Å². The molecule has 0 saturated carbocycles. The highest BCUT2D eigenvalue weighted by Gasteiger charge is 2.38. The number of carbonyl (C=O) groups excluding carboxylic acids is 1. The Kier molecular flexibility index (Phi) is 3.87. The maximum atomic E-state index is 11.4. The second-order valence-electron chi connectivity index (χ2n) is 4.75. The van der Waals surface area contributed by atoms with Crippen LogP contribution in [0.25, 0.3) is 0 Å². The molecule has 4 heteroatoms. The van der Waals surface area contributed by atoms with Crippen LogP contribution in [-0.4, -0.2) is 19.1 Å². The molecule has 1 heterocycles. The number of rotatable bonds is 5. The maximum absolute atomic E-state index is 11.4. The Labute approximate surface area is 108 Å². The van der Waals surface area contributed by atoms with Gasteiger partial charge in [0, 0.05) is 18.4 Å². The van der Waals surface area contributed by atoms with Gasteiger partial charge in [0.05, 0.1) is 12.1 Å². The van der Waals surface area contributed by atoms with Gasteiger partial charge in [-0.2, -0.15) is 0 Å². The molecular weight excluding hydrogens is 228 g/mol. The standard InChI is InChI=1S/C14H20N2O2/c1-2-8-16-14(10-13(15)17)7-9-18-12-6-4-3-5-11(12)14/h3-6,16H,2,7-10H2,1H3,(H2,15,17). The number of nitrogens with one attached hydrogen (secondary N) is 1. The van der Waals surface area contributed by atoms with Crippen LogP contribution in [0, 0.1) is 0 Å². The first-order chi connectivity index (χ1) is 8.68. The predicted molar refractivity (Wildman–Crippen MR) is 70.3 cm³/mol. The van der Waals surface area contributed by atoms with Crippen molar-refractivity contribution in [3.63, 3.8) is 0 Å². The van der Waals surface area contributed by atoms with Crippen LogP contribution in [0.15, 0.2) is 24.3 Å². The third-order valence-corrected chi connectivity index (χ3v) is 3.38. The van der Waals surface area contributed by atoms with E-state index in [9.17, 15) is 4.79 Å². The first-order valence-corrected chi connectivity index (χ1v) is 6.43. The van der Waals surface area contributed by atoms with Crippen molar-refractivity contribution in [1.82, 2.24) is 5.32 Å². The van der Waals surface area contributed by atoms with Crippen LogP contribution in [0.5, 0.6) is 5.75 Å². The average Bonchev–Trinajstić information content (AvgIpc) is 2.36. The van der Waals surface area contributed by atoms with E-state index in [1.165, 1.54) is 0 Å². The number of amides is 1. The topological polar surface area (TPSA) is 64.3 Å². The highest BCUT2D eigenvalue weighted by atomic mass is 16.5. The van der Waals surface area contributed by atoms with E-state index < -0.39 is 0 Å². The molecular formula is C14H20N2O2. The van der Waals surface area contributed by atoms with Crippen molar-refractivity contribution in [2.75, 3.05) is 13.2 Å². The molecule has 0 aromatic heterocycles. The van der Waals surface area contributed by atoms with Crippen LogP contribution in [0.3, 0.4) is 0 Å². The van der Waals surface area contributed by atoms with Gasteiger partial charge in [0.15, 0.2) is 0 Å². The molecule has 2 rings (SSSR count). The highest BCUT2D eigenvalue weighted by Crippen LogP contribution is 2.39. The number of para-hydroxylation sites is 1. The minimum absolute atomic E-state index is 0.282. The minimum atomic E-state index is -0.364. The fraction of sp³-hybridized carbons (Fsp3) is 0.500. The quantitative estimate of drug-likeness (QED) is 0.830. The number of benzene rings is 1. The fourth-order valence-corrected chi connectivity index (χ4v) is 2.55. The van der Waals surface area contributed by atoms with Gasteiger partial charge in [-0.1, -0.05) is 25.1 Å². The van der Waals surface area contributed by atoms with Crippen molar-refractivity contribution in [1.29, 1.82) is 0 Å². The van der Waals surface area contributed by atoms with Crippen molar-refractivity contribution >= 4 is 5.91 Å². The van der Waals surface area contributed by atoms with Gasteiger partial charge in [-0.15, -0.1) is 0 Å². The van der Waals surface area contributed by atoms with Crippen LogP contribution >= 0.6 is 0 Å². The molecule has 0 saturated heterocycles. The SMILES string of the molecule is CCCNC1(CC(N)=O)CCOc2ccccc21. The molecule has 3 N–H and O–H groups in total. The molecule has 1 aromatic rings. The van der Waals surface area contributed by atoms with E-state index >= 15 is 0 Å². The molecule has 0 radical (unpaired) electrons. The van der Waals surface area contributed by atoms with Gasteiger partial charge >= 0.3 is 0 Å². The lowest BCUT2D eigenvalue weighted by atomic mass is 9.81. The lowest BCUT2D eigenvalue weighted by Crippen LogP contribution is -2.48. The summed E-state index contributed by atoms with van der Waals surface area (Å²) in [5.41, 5.74) is 6.10. The van der Waals surface area contributed by atoms with Crippen molar-refractivity contribution in [3.8, 4) is 5.75 Å². The third kappa shape index (κ3) is 2.48. The maximum Gasteiger partial charge on any atom is 0.219 e. The number of ether oxygens (including phenoxy) is 1. The van der Waals surface area contributed by atoms with Gasteiger partial charge in [-0.3, -0.25) is 4.79 Å². The van der Waals surface area contributed by atoms with Gasteiger partial charge in [0.25, 0.3) is 0 Å². The fourth-order valence-electron chi connectivity index (χ4n) is 2.55. The summed E-state index contributed by atoms with van der Waals surface area (Å²) in [6.07, 6.45) is 2.10. The van der Waals surface area contributed by atoms with Crippen LogP contribution in [0.4, 0.5) is 0 Å². The zero-order valence-electron chi connectivity index (χ0n) is 10.7. The second kappa shape index (κ2) is 5.40. The second-order valence-corrected chi connectivity index (χ2v) is 4.75. The van der Waals surface area contributed by atoms with E-state index in [1.54, 1.807) is 0 Å². The molecule has 0 spiro atoms. The van der Waals surface area contributed by atoms with Crippen LogP contribution in [-0.2, 0) is 10.3 Å². The van der Waals surface area contributed by atoms with E-state index in [1.807, 2.05) is 24.3 Å². The Morgan fingerprint density at radius 1 is 1.50 bits per heavy atom. The molecule has 1 aliphatic rings. The van der Waals surface area contributed by atoms with Gasteiger partial charge < -0.3 is 15.8 Å². The lowest BCUT2D eigenvalue weighted by Gasteiger charge is -2.39. The molecule has 0 aliphatic carbocycles. The van der Waals surface area contributed by atoms with Crippen molar-refractivity contribution in [3.05, 3.63) is 29.8 Å². The minimum Gasteiger partial charge on any atom is -0.493 e. The van der Waals surface area contributed by atoms with Crippen molar-refractivity contribution < 1.29 is 9.53 Å². The molecule has 1 unspecified atom stereocenters. The Balaban J connectivity index is 2.37. The first-order valence-electron chi connectivity index (χ1n) is 6.43. The first kappa shape index (κ1) is 12.9. The van der Waals surface area contributed by atoms with Gasteiger partial charge in [0.1, 0.15) is 5.75 Å². The zero-order valence-corrected chi connectivity index (χ0v) is 10.7. The molecule has 1 aromatic carbocycles. The van der Waals surface area contributed by atoms with Crippen molar-refractivity contribution in [2.45, 2.75) is 31.7 Å². The third-order valence-electron chi connectivity index (χ3n) is 3.38. The summed E-state index contributed by atoms with van der Waals surface area (Å²) in [6.45, 7) is 3.58. The summed E-state index contributed by atoms with van der Waals surface area (Å²) in [5, 5.41) is 3.49. The summed E-state index contributed by atoms with van der Waals surface area (Å²) >= 11 is 0. The normalized spacial score (nSPS) is 22.1. The predicted octanol–water partition coefficient (Wildman–Crippen LogP) is 1.54. The lowest BCUT2D eigenvalue weighted by molar-refractivity contribution is -0.119. The van der Waals surface area contributed by atoms with Gasteiger partial charge in [-0.25, -0.2) is 0 Å². The summed E-state index contributed by atoms with van der Waals surface area (Å²) in [5.74, 6) is 0.573. The zero-order chi connectivity index (χ0) is 13.0. The van der Waals surface area contributed by atoms with Gasteiger partial charge in [0.2, 0.25) is 5.91 Å². The highest BCUT2D eigenvalue weighted by molar-refractivity contribution is 5.76. The number of hydrogen-bond acceptors (Lipinski definition) is 3. The Bertz CT molecular complexity index is 434. The van der Waals surface area contributed by atoms with E-state index in [0.717, 1.165) is 30.7 Å². The number of hydrogen-bond donors (Lipinski definition) is 2. The summed E-state index contributed by atoms with van der Waals surface area (Å²) < 4.78 is 5.65.